The Labute approximate surface area is 188 Å². The van der Waals surface area contributed by atoms with Crippen molar-refractivity contribution in [1.82, 2.24) is 0 Å². The quantitative estimate of drug-likeness (QED) is 0.403. The van der Waals surface area contributed by atoms with Gasteiger partial charge >= 0.3 is 6.18 Å². The summed E-state index contributed by atoms with van der Waals surface area (Å²) in [7, 11) is 1.50. The second kappa shape index (κ2) is 10.2. The van der Waals surface area contributed by atoms with E-state index >= 15 is 0 Å². The fourth-order valence-electron chi connectivity index (χ4n) is 2.82. The Morgan fingerprint density at radius 2 is 1.78 bits per heavy atom. The second-order valence-corrected chi connectivity index (χ2v) is 7.11. The summed E-state index contributed by atoms with van der Waals surface area (Å²) >= 11 is 5.59. The van der Waals surface area contributed by atoms with E-state index in [2.05, 4.69) is 5.32 Å². The van der Waals surface area contributed by atoms with Gasteiger partial charge in [-0.05, 0) is 47.5 Å². The highest BCUT2D eigenvalue weighted by atomic mass is 35.5. The molecule has 0 fully saturated rings. The average Bonchev–Trinajstić information content (AvgIpc) is 2.77. The molecule has 0 aliphatic heterocycles. The zero-order valence-electron chi connectivity index (χ0n) is 16.9. The number of benzene rings is 3. The summed E-state index contributed by atoms with van der Waals surface area (Å²) in [4.78, 5) is 12.1. The highest BCUT2D eigenvalue weighted by molar-refractivity contribution is 6.31. The third kappa shape index (κ3) is 6.28. The normalized spacial score (nSPS) is 11.4. The maximum Gasteiger partial charge on any atom is 0.417 e. The smallest absolute Gasteiger partial charge is 0.417 e. The third-order valence-electron chi connectivity index (χ3n) is 4.39. The van der Waals surface area contributed by atoms with Gasteiger partial charge in [0, 0.05) is 11.8 Å². The molecule has 3 rings (SSSR count). The summed E-state index contributed by atoms with van der Waals surface area (Å²) in [5, 5.41) is 1.95. The molecule has 0 saturated heterocycles. The van der Waals surface area contributed by atoms with Crippen LogP contribution >= 0.6 is 11.6 Å². The van der Waals surface area contributed by atoms with Crippen molar-refractivity contribution in [3.05, 3.63) is 94.5 Å². The Hall–Kier alpha value is -3.45. The van der Waals surface area contributed by atoms with E-state index in [0.29, 0.717) is 23.7 Å². The van der Waals surface area contributed by atoms with Gasteiger partial charge in [-0.15, -0.1) is 0 Å². The van der Waals surface area contributed by atoms with Crippen LogP contribution in [0.4, 0.5) is 18.9 Å². The van der Waals surface area contributed by atoms with E-state index in [1.807, 2.05) is 30.3 Å². The molecule has 3 aromatic rings. The van der Waals surface area contributed by atoms with E-state index in [9.17, 15) is 18.0 Å². The molecule has 0 aliphatic carbocycles. The minimum absolute atomic E-state index is 0.0152. The molecule has 1 amide bonds. The molecule has 4 nitrogen and oxygen atoms in total. The first-order chi connectivity index (χ1) is 15.3. The van der Waals surface area contributed by atoms with E-state index in [1.54, 1.807) is 18.2 Å². The molecule has 0 spiro atoms. The van der Waals surface area contributed by atoms with Crippen LogP contribution in [0.3, 0.4) is 0 Å². The summed E-state index contributed by atoms with van der Waals surface area (Å²) < 4.78 is 50.0. The second-order valence-electron chi connectivity index (χ2n) is 6.70. The molecule has 0 aromatic heterocycles. The molecule has 0 atom stereocenters. The number of carbonyl (C=O) groups is 1. The van der Waals surface area contributed by atoms with Gasteiger partial charge in [-0.3, -0.25) is 4.79 Å². The standard InChI is InChI=1S/C24H19ClF3NO3/c1-31-22-13-16(7-11-21(22)32-15-17-5-3-2-4-6-17)8-12-23(30)29-18-9-10-20(25)19(14-18)24(26,27)28/h2-14H,15H2,1H3,(H,29,30)/b12-8+. The van der Waals surface area contributed by atoms with Crippen LogP contribution < -0.4 is 14.8 Å². The molecule has 0 radical (unpaired) electrons. The van der Waals surface area contributed by atoms with Crippen molar-refractivity contribution in [2.24, 2.45) is 0 Å². The maximum atomic E-state index is 13.0. The van der Waals surface area contributed by atoms with Gasteiger partial charge in [0.1, 0.15) is 6.61 Å². The number of rotatable bonds is 7. The Balaban J connectivity index is 1.66. The Kier molecular flexibility index (Phi) is 7.43. The van der Waals surface area contributed by atoms with E-state index in [0.717, 1.165) is 17.7 Å². The van der Waals surface area contributed by atoms with Gasteiger partial charge in [-0.25, -0.2) is 0 Å². The van der Waals surface area contributed by atoms with E-state index in [-0.39, 0.29) is 5.69 Å². The summed E-state index contributed by atoms with van der Waals surface area (Å²) in [5.74, 6) is 0.429. The molecular weight excluding hydrogens is 443 g/mol. The summed E-state index contributed by atoms with van der Waals surface area (Å²) in [6, 6.07) is 18.0. The van der Waals surface area contributed by atoms with Gasteiger partial charge < -0.3 is 14.8 Å². The minimum atomic E-state index is -4.62. The summed E-state index contributed by atoms with van der Waals surface area (Å²) in [5.41, 5.74) is 0.623. The monoisotopic (exact) mass is 461 g/mol. The van der Waals surface area contributed by atoms with Crippen molar-refractivity contribution < 1.29 is 27.4 Å². The first kappa shape index (κ1) is 23.2. The van der Waals surface area contributed by atoms with Crippen LogP contribution in [0.2, 0.25) is 5.02 Å². The predicted molar refractivity (Wildman–Crippen MR) is 118 cm³/mol. The van der Waals surface area contributed by atoms with Crippen molar-refractivity contribution in [2.45, 2.75) is 12.8 Å². The van der Waals surface area contributed by atoms with Crippen LogP contribution in [0.25, 0.3) is 6.08 Å². The lowest BCUT2D eigenvalue weighted by Gasteiger charge is -2.12. The average molecular weight is 462 g/mol. The maximum absolute atomic E-state index is 13.0. The van der Waals surface area contributed by atoms with Gasteiger partial charge in [0.2, 0.25) is 5.91 Å². The number of ether oxygens (including phenoxy) is 2. The van der Waals surface area contributed by atoms with Crippen LogP contribution in [0.15, 0.2) is 72.8 Å². The van der Waals surface area contributed by atoms with Crippen molar-refractivity contribution in [3.63, 3.8) is 0 Å². The Bertz CT molecular complexity index is 1120. The number of amides is 1. The van der Waals surface area contributed by atoms with Crippen LogP contribution in [0.1, 0.15) is 16.7 Å². The first-order valence-corrected chi connectivity index (χ1v) is 9.84. The zero-order chi connectivity index (χ0) is 23.1. The van der Waals surface area contributed by atoms with Crippen LogP contribution in [0.5, 0.6) is 11.5 Å². The van der Waals surface area contributed by atoms with Gasteiger partial charge in [0.15, 0.2) is 11.5 Å². The lowest BCUT2D eigenvalue weighted by molar-refractivity contribution is -0.137. The highest BCUT2D eigenvalue weighted by Crippen LogP contribution is 2.36. The minimum Gasteiger partial charge on any atom is -0.493 e. The molecule has 166 valence electrons. The van der Waals surface area contributed by atoms with Gasteiger partial charge in [-0.1, -0.05) is 48.0 Å². The van der Waals surface area contributed by atoms with E-state index in [1.165, 1.54) is 25.3 Å². The van der Waals surface area contributed by atoms with Crippen molar-refractivity contribution in [2.75, 3.05) is 12.4 Å². The molecular formula is C24H19ClF3NO3. The summed E-state index contributed by atoms with van der Waals surface area (Å²) in [6.07, 6.45) is -1.89. The fourth-order valence-corrected chi connectivity index (χ4v) is 3.04. The lowest BCUT2D eigenvalue weighted by Crippen LogP contribution is -2.11. The molecule has 32 heavy (non-hydrogen) atoms. The number of carbonyl (C=O) groups excluding carboxylic acids is 1. The third-order valence-corrected chi connectivity index (χ3v) is 4.72. The SMILES string of the molecule is COc1cc(/C=C/C(=O)Nc2ccc(Cl)c(C(F)(F)F)c2)ccc1OCc1ccccc1. The number of methoxy groups -OCH3 is 1. The topological polar surface area (TPSA) is 47.6 Å². The van der Waals surface area contributed by atoms with E-state index < -0.39 is 22.7 Å². The molecule has 0 unspecified atom stereocenters. The van der Waals surface area contributed by atoms with Crippen LogP contribution in [-0.4, -0.2) is 13.0 Å². The fraction of sp³-hybridized carbons (Fsp3) is 0.125. The lowest BCUT2D eigenvalue weighted by atomic mass is 10.1. The van der Waals surface area contributed by atoms with Gasteiger partial charge in [0.25, 0.3) is 0 Å². The number of hydrogen-bond donors (Lipinski definition) is 1. The molecule has 1 N–H and O–H groups in total. The number of hydrogen-bond acceptors (Lipinski definition) is 3. The van der Waals surface area contributed by atoms with Gasteiger partial charge in [-0.2, -0.15) is 13.2 Å². The molecule has 0 aliphatic rings. The van der Waals surface area contributed by atoms with E-state index in [4.69, 9.17) is 21.1 Å². The Morgan fingerprint density at radius 1 is 1.03 bits per heavy atom. The number of anilines is 1. The van der Waals surface area contributed by atoms with Crippen molar-refractivity contribution in [1.29, 1.82) is 0 Å². The zero-order valence-corrected chi connectivity index (χ0v) is 17.7. The Morgan fingerprint density at radius 3 is 2.47 bits per heavy atom. The summed E-state index contributed by atoms with van der Waals surface area (Å²) in [6.45, 7) is 0.371. The molecule has 3 aromatic carbocycles. The predicted octanol–water partition coefficient (Wildman–Crippen LogP) is 6.60. The number of halogens is 4. The molecule has 8 heteroatoms. The van der Waals surface area contributed by atoms with Crippen LogP contribution in [0, 0.1) is 0 Å². The molecule has 0 heterocycles. The number of alkyl halides is 3. The number of nitrogens with one attached hydrogen (secondary N) is 1. The largest absolute Gasteiger partial charge is 0.493 e. The van der Waals surface area contributed by atoms with Crippen molar-refractivity contribution in [3.8, 4) is 11.5 Å². The first-order valence-electron chi connectivity index (χ1n) is 9.47. The molecule has 0 bridgehead atoms. The highest BCUT2D eigenvalue weighted by Gasteiger charge is 2.33. The van der Waals surface area contributed by atoms with Crippen LogP contribution in [-0.2, 0) is 17.6 Å². The van der Waals surface area contributed by atoms with Gasteiger partial charge in [0.05, 0.1) is 17.7 Å². The molecule has 0 saturated carbocycles. The van der Waals surface area contributed by atoms with Crippen molar-refractivity contribution >= 4 is 29.3 Å².